The predicted molar refractivity (Wildman–Crippen MR) is 73.1 cm³/mol. The number of hydrogen-bond donors (Lipinski definition) is 3. The van der Waals surface area contributed by atoms with E-state index >= 15 is 0 Å². The van der Waals surface area contributed by atoms with Crippen LogP contribution in [0.15, 0.2) is 58.8 Å². The number of rotatable bonds is 3. The zero-order valence-electron chi connectivity index (χ0n) is 9.95. The van der Waals surface area contributed by atoms with Crippen molar-refractivity contribution in [2.45, 2.75) is 0 Å². The van der Waals surface area contributed by atoms with Gasteiger partial charge in [0.05, 0.1) is 11.4 Å². The zero-order chi connectivity index (χ0) is 13.7. The number of anilines is 2. The molecule has 0 fully saturated rings. The molecule has 0 aliphatic heterocycles. The van der Waals surface area contributed by atoms with Gasteiger partial charge < -0.3 is 10.8 Å². The van der Waals surface area contributed by atoms with E-state index in [4.69, 9.17) is 10.8 Å². The van der Waals surface area contributed by atoms with Crippen LogP contribution in [-0.2, 0) is 0 Å². The lowest BCUT2D eigenvalue weighted by molar-refractivity contribution is 0.210. The summed E-state index contributed by atoms with van der Waals surface area (Å²) in [5.74, 6) is 0. The first-order valence-electron chi connectivity index (χ1n) is 5.51. The fraction of sp³-hybridized carbons (Fsp3) is 0. The van der Waals surface area contributed by atoms with Crippen molar-refractivity contribution in [3.8, 4) is 0 Å². The van der Waals surface area contributed by atoms with Gasteiger partial charge in [0.2, 0.25) is 0 Å². The van der Waals surface area contributed by atoms with E-state index in [0.717, 1.165) is 0 Å². The van der Waals surface area contributed by atoms with Gasteiger partial charge in [0.1, 0.15) is 0 Å². The zero-order valence-corrected chi connectivity index (χ0v) is 9.95. The Morgan fingerprint density at radius 3 is 1.89 bits per heavy atom. The van der Waals surface area contributed by atoms with Gasteiger partial charge >= 0.3 is 6.09 Å². The van der Waals surface area contributed by atoms with E-state index in [1.54, 1.807) is 48.5 Å². The summed E-state index contributed by atoms with van der Waals surface area (Å²) in [6.07, 6.45) is -1.10. The number of nitrogens with zero attached hydrogens (tertiary/aromatic N) is 2. The molecule has 0 aliphatic rings. The number of hydrogen-bond acceptors (Lipinski definition) is 4. The Labute approximate surface area is 109 Å². The van der Waals surface area contributed by atoms with Crippen molar-refractivity contribution < 1.29 is 9.90 Å². The second-order valence-corrected chi connectivity index (χ2v) is 3.77. The molecule has 0 saturated carbocycles. The summed E-state index contributed by atoms with van der Waals surface area (Å²) in [6, 6.07) is 13.6. The van der Waals surface area contributed by atoms with E-state index in [0.29, 0.717) is 22.7 Å². The first-order valence-corrected chi connectivity index (χ1v) is 5.51. The summed E-state index contributed by atoms with van der Waals surface area (Å²) in [6.45, 7) is 0. The fourth-order valence-electron chi connectivity index (χ4n) is 1.39. The Kier molecular flexibility index (Phi) is 3.72. The molecule has 1 amide bonds. The third-order valence-corrected chi connectivity index (χ3v) is 2.29. The van der Waals surface area contributed by atoms with Crippen LogP contribution in [0, 0.1) is 0 Å². The highest BCUT2D eigenvalue weighted by molar-refractivity contribution is 5.82. The molecule has 0 aromatic heterocycles. The summed E-state index contributed by atoms with van der Waals surface area (Å²) in [7, 11) is 0. The molecule has 0 unspecified atom stereocenters. The summed E-state index contributed by atoms with van der Waals surface area (Å²) >= 11 is 0. The third kappa shape index (κ3) is 3.81. The Hall–Kier alpha value is -2.89. The van der Waals surface area contributed by atoms with Crippen LogP contribution in [0.1, 0.15) is 0 Å². The molecule has 2 rings (SSSR count). The molecule has 96 valence electrons. The number of nitrogens with two attached hydrogens (primary N) is 1. The number of nitrogen functional groups attached to an aromatic ring is 1. The summed E-state index contributed by atoms with van der Waals surface area (Å²) in [4.78, 5) is 10.4. The molecule has 0 radical (unpaired) electrons. The quantitative estimate of drug-likeness (QED) is 0.575. The van der Waals surface area contributed by atoms with E-state index < -0.39 is 6.09 Å². The highest BCUT2D eigenvalue weighted by atomic mass is 16.4. The fourth-order valence-corrected chi connectivity index (χ4v) is 1.39. The molecule has 19 heavy (non-hydrogen) atoms. The topological polar surface area (TPSA) is 100 Å². The van der Waals surface area contributed by atoms with Gasteiger partial charge in [-0.15, -0.1) is 0 Å². The smallest absolute Gasteiger partial charge is 0.409 e. The Balaban J connectivity index is 2.06. The molecule has 4 N–H and O–H groups in total. The minimum Gasteiger partial charge on any atom is -0.465 e. The molecule has 0 spiro atoms. The number of carboxylic acid groups (broad SMARTS) is 1. The van der Waals surface area contributed by atoms with Crippen LogP contribution in [0.2, 0.25) is 0 Å². The van der Waals surface area contributed by atoms with Crippen molar-refractivity contribution >= 4 is 28.8 Å². The Bertz CT molecular complexity index is 591. The predicted octanol–water partition coefficient (Wildman–Crippen LogP) is 3.77. The van der Waals surface area contributed by atoms with Gasteiger partial charge in [-0.25, -0.2) is 4.79 Å². The van der Waals surface area contributed by atoms with E-state index in [2.05, 4.69) is 15.5 Å². The van der Waals surface area contributed by atoms with Gasteiger partial charge in [-0.1, -0.05) is 0 Å². The average molecular weight is 256 g/mol. The Morgan fingerprint density at radius 1 is 0.947 bits per heavy atom. The van der Waals surface area contributed by atoms with E-state index in [1.165, 1.54) is 0 Å². The van der Waals surface area contributed by atoms with E-state index in [-0.39, 0.29) is 0 Å². The summed E-state index contributed by atoms with van der Waals surface area (Å²) < 4.78 is 0. The maximum absolute atomic E-state index is 10.4. The van der Waals surface area contributed by atoms with E-state index in [9.17, 15) is 4.79 Å². The summed E-state index contributed by atoms with van der Waals surface area (Å²) in [5.41, 5.74) is 8.05. The Morgan fingerprint density at radius 2 is 1.42 bits per heavy atom. The van der Waals surface area contributed by atoms with Crippen molar-refractivity contribution in [1.82, 2.24) is 0 Å². The van der Waals surface area contributed by atoms with E-state index in [1.807, 2.05) is 0 Å². The molecular formula is C13H12N4O2. The largest absolute Gasteiger partial charge is 0.465 e. The highest BCUT2D eigenvalue weighted by Crippen LogP contribution is 2.20. The normalized spacial score (nSPS) is 10.5. The lowest BCUT2D eigenvalue weighted by Gasteiger charge is -1.99. The average Bonchev–Trinajstić information content (AvgIpc) is 2.39. The van der Waals surface area contributed by atoms with Gasteiger partial charge in [-0.3, -0.25) is 5.32 Å². The van der Waals surface area contributed by atoms with Crippen molar-refractivity contribution in [2.75, 3.05) is 11.1 Å². The lowest BCUT2D eigenvalue weighted by atomic mass is 10.3. The maximum Gasteiger partial charge on any atom is 0.409 e. The standard InChI is InChI=1S/C13H12N4O2/c14-9-1-3-11(4-2-9)16-17-12-7-5-10(6-8-12)15-13(18)19/h1-8,15H,14H2,(H,18,19)/b17-16+. The number of amides is 1. The minimum atomic E-state index is -1.10. The van der Waals surface area contributed by atoms with Crippen molar-refractivity contribution in [3.63, 3.8) is 0 Å². The first kappa shape index (κ1) is 12.6. The molecule has 0 bridgehead atoms. The molecular weight excluding hydrogens is 244 g/mol. The monoisotopic (exact) mass is 256 g/mol. The first-order chi connectivity index (χ1) is 9.13. The van der Waals surface area contributed by atoms with Crippen LogP contribution in [0.4, 0.5) is 27.5 Å². The molecule has 0 atom stereocenters. The maximum atomic E-state index is 10.4. The number of benzene rings is 2. The van der Waals surface area contributed by atoms with Crippen molar-refractivity contribution in [3.05, 3.63) is 48.5 Å². The lowest BCUT2D eigenvalue weighted by Crippen LogP contribution is -2.06. The highest BCUT2D eigenvalue weighted by Gasteiger charge is 1.97. The molecule has 2 aromatic rings. The van der Waals surface area contributed by atoms with Gasteiger partial charge in [-0.2, -0.15) is 10.2 Å². The van der Waals surface area contributed by atoms with Crippen LogP contribution in [0.3, 0.4) is 0 Å². The molecule has 6 heteroatoms. The van der Waals surface area contributed by atoms with Crippen LogP contribution < -0.4 is 11.1 Å². The molecule has 0 saturated heterocycles. The van der Waals surface area contributed by atoms with Gasteiger partial charge in [0, 0.05) is 11.4 Å². The second-order valence-electron chi connectivity index (χ2n) is 3.77. The SMILES string of the molecule is Nc1ccc(/N=N/c2ccc(NC(=O)O)cc2)cc1. The van der Waals surface area contributed by atoms with Crippen LogP contribution in [0.25, 0.3) is 0 Å². The third-order valence-electron chi connectivity index (χ3n) is 2.29. The number of nitrogens with one attached hydrogen (secondary N) is 1. The number of carbonyl (C=O) groups is 1. The molecule has 6 nitrogen and oxygen atoms in total. The van der Waals surface area contributed by atoms with Crippen LogP contribution in [0.5, 0.6) is 0 Å². The number of azo groups is 1. The van der Waals surface area contributed by atoms with Crippen LogP contribution in [-0.4, -0.2) is 11.2 Å². The molecule has 2 aromatic carbocycles. The molecule has 0 heterocycles. The van der Waals surface area contributed by atoms with Gasteiger partial charge in [0.15, 0.2) is 0 Å². The van der Waals surface area contributed by atoms with Crippen molar-refractivity contribution in [1.29, 1.82) is 0 Å². The summed E-state index contributed by atoms with van der Waals surface area (Å²) in [5, 5.41) is 18.9. The minimum absolute atomic E-state index is 0.485. The van der Waals surface area contributed by atoms with Crippen molar-refractivity contribution in [2.24, 2.45) is 10.2 Å². The second kappa shape index (κ2) is 5.63. The van der Waals surface area contributed by atoms with Gasteiger partial charge in [-0.05, 0) is 48.5 Å². The van der Waals surface area contributed by atoms with Crippen LogP contribution >= 0.6 is 0 Å². The van der Waals surface area contributed by atoms with Gasteiger partial charge in [0.25, 0.3) is 0 Å². The molecule has 0 aliphatic carbocycles.